The lowest BCUT2D eigenvalue weighted by Gasteiger charge is -2.07. The van der Waals surface area contributed by atoms with E-state index in [2.05, 4.69) is 14.7 Å². The van der Waals surface area contributed by atoms with Gasteiger partial charge < -0.3 is 15.2 Å². The topological polar surface area (TPSA) is 87.3 Å². The minimum Gasteiger partial charge on any atom is -0.437 e. The largest absolute Gasteiger partial charge is 0.437 e. The molecule has 0 fully saturated rings. The van der Waals surface area contributed by atoms with Crippen LogP contribution in [0, 0.1) is 0 Å². The van der Waals surface area contributed by atoms with Crippen LogP contribution < -0.4 is 15.2 Å². The van der Waals surface area contributed by atoms with Gasteiger partial charge >= 0.3 is 6.09 Å². The molecular weight excluding hydrogens is 293 g/mol. The molecule has 0 bridgehead atoms. The Balaban J connectivity index is 2.15. The molecule has 0 saturated heterocycles. The summed E-state index contributed by atoms with van der Waals surface area (Å²) in [6.07, 6.45) is 0.441. The highest BCUT2D eigenvalue weighted by molar-refractivity contribution is 6.32. The van der Waals surface area contributed by atoms with E-state index < -0.39 is 6.09 Å². The first kappa shape index (κ1) is 13.4. The van der Waals surface area contributed by atoms with Crippen LogP contribution in [-0.4, -0.2) is 16.1 Å². The number of amides is 1. The van der Waals surface area contributed by atoms with Crippen LogP contribution >= 0.6 is 23.2 Å². The average molecular weight is 300 g/mol. The summed E-state index contributed by atoms with van der Waals surface area (Å²) < 4.78 is 10.1. The third-order valence-corrected chi connectivity index (χ3v) is 2.38. The number of ether oxygens (including phenoxy) is 2. The van der Waals surface area contributed by atoms with E-state index >= 15 is 0 Å². The third kappa shape index (κ3) is 3.70. The van der Waals surface area contributed by atoms with Gasteiger partial charge in [-0.15, -0.1) is 0 Å². The van der Waals surface area contributed by atoms with Crippen LogP contribution in [0.5, 0.6) is 17.4 Å². The Morgan fingerprint density at radius 3 is 2.42 bits per heavy atom. The summed E-state index contributed by atoms with van der Waals surface area (Å²) in [5.41, 5.74) is 4.88. The molecule has 19 heavy (non-hydrogen) atoms. The third-order valence-electron chi connectivity index (χ3n) is 1.94. The first-order valence-electron chi connectivity index (χ1n) is 4.98. The van der Waals surface area contributed by atoms with Crippen molar-refractivity contribution in [3.63, 3.8) is 0 Å². The fraction of sp³-hybridized carbons (Fsp3) is 0. The van der Waals surface area contributed by atoms with Gasteiger partial charge in [-0.3, -0.25) is 0 Å². The van der Waals surface area contributed by atoms with Crippen molar-refractivity contribution in [1.82, 2.24) is 9.97 Å². The van der Waals surface area contributed by atoms with Crippen molar-refractivity contribution in [3.05, 3.63) is 40.8 Å². The van der Waals surface area contributed by atoms with Gasteiger partial charge in [0.2, 0.25) is 11.2 Å². The molecule has 8 heteroatoms. The van der Waals surface area contributed by atoms with Gasteiger partial charge in [0.05, 0.1) is 6.20 Å². The van der Waals surface area contributed by atoms with Crippen LogP contribution in [0.25, 0.3) is 0 Å². The highest BCUT2D eigenvalue weighted by Gasteiger charge is 2.07. The SMILES string of the molecule is NC(=O)Oc1ccc(Oc2nc(Cl)ncc2Cl)cc1. The van der Waals surface area contributed by atoms with Gasteiger partial charge in [0.25, 0.3) is 0 Å². The lowest BCUT2D eigenvalue weighted by Crippen LogP contribution is -2.16. The van der Waals surface area contributed by atoms with Crippen LogP contribution in [-0.2, 0) is 0 Å². The van der Waals surface area contributed by atoms with Crippen molar-refractivity contribution in [2.75, 3.05) is 0 Å². The summed E-state index contributed by atoms with van der Waals surface area (Å²) in [5.74, 6) is 0.866. The molecule has 2 aromatic rings. The number of hydrogen-bond donors (Lipinski definition) is 1. The quantitative estimate of drug-likeness (QED) is 0.880. The number of aromatic nitrogens is 2. The summed E-state index contributed by atoms with van der Waals surface area (Å²) in [7, 11) is 0. The predicted octanol–water partition coefficient (Wildman–Crippen LogP) is 3.03. The van der Waals surface area contributed by atoms with E-state index in [0.717, 1.165) is 0 Å². The number of hydrogen-bond acceptors (Lipinski definition) is 5. The van der Waals surface area contributed by atoms with Crippen molar-refractivity contribution in [1.29, 1.82) is 0 Å². The number of benzene rings is 1. The predicted molar refractivity (Wildman–Crippen MR) is 68.8 cm³/mol. The molecule has 0 aliphatic rings. The van der Waals surface area contributed by atoms with Crippen LogP contribution in [0.3, 0.4) is 0 Å². The second-order valence-electron chi connectivity index (χ2n) is 3.29. The Kier molecular flexibility index (Phi) is 4.03. The van der Waals surface area contributed by atoms with Crippen molar-refractivity contribution >= 4 is 29.3 Å². The molecule has 0 radical (unpaired) electrons. The highest BCUT2D eigenvalue weighted by atomic mass is 35.5. The molecule has 1 aromatic carbocycles. The number of nitrogens with zero attached hydrogens (tertiary/aromatic N) is 2. The Hall–Kier alpha value is -2.05. The molecule has 1 heterocycles. The van der Waals surface area contributed by atoms with Crippen molar-refractivity contribution in [3.8, 4) is 17.4 Å². The van der Waals surface area contributed by atoms with E-state index in [4.69, 9.17) is 33.7 Å². The summed E-state index contributed by atoms with van der Waals surface area (Å²) in [5, 5.41) is 0.245. The molecule has 0 unspecified atom stereocenters. The minimum absolute atomic E-state index is 0.0214. The zero-order chi connectivity index (χ0) is 13.8. The maximum Gasteiger partial charge on any atom is 0.409 e. The van der Waals surface area contributed by atoms with Crippen LogP contribution in [0.1, 0.15) is 0 Å². The van der Waals surface area contributed by atoms with Gasteiger partial charge in [-0.1, -0.05) is 11.6 Å². The number of rotatable bonds is 3. The maximum atomic E-state index is 10.5. The van der Waals surface area contributed by atoms with E-state index in [1.54, 1.807) is 12.1 Å². The normalized spacial score (nSPS) is 10.0. The first-order chi connectivity index (χ1) is 9.04. The van der Waals surface area contributed by atoms with Gasteiger partial charge in [0.1, 0.15) is 16.5 Å². The smallest absolute Gasteiger partial charge is 0.409 e. The Labute approximate surface area is 118 Å². The van der Waals surface area contributed by atoms with Crippen molar-refractivity contribution in [2.45, 2.75) is 0 Å². The Morgan fingerprint density at radius 2 is 1.79 bits per heavy atom. The monoisotopic (exact) mass is 299 g/mol. The molecular formula is C11H7Cl2N3O3. The van der Waals surface area contributed by atoms with E-state index in [-0.39, 0.29) is 16.2 Å². The summed E-state index contributed by atoms with van der Waals surface area (Å²) >= 11 is 11.5. The molecule has 2 rings (SSSR count). The van der Waals surface area contributed by atoms with Gasteiger partial charge in [0, 0.05) is 0 Å². The lowest BCUT2D eigenvalue weighted by atomic mass is 10.3. The van der Waals surface area contributed by atoms with E-state index in [1.165, 1.54) is 18.3 Å². The molecule has 0 spiro atoms. The molecule has 1 aromatic heterocycles. The fourth-order valence-corrected chi connectivity index (χ4v) is 1.46. The molecule has 98 valence electrons. The Bertz CT molecular complexity index is 605. The van der Waals surface area contributed by atoms with Crippen molar-refractivity contribution < 1.29 is 14.3 Å². The molecule has 6 nitrogen and oxygen atoms in total. The molecule has 0 aliphatic heterocycles. The number of primary amides is 1. The second-order valence-corrected chi connectivity index (χ2v) is 4.03. The second kappa shape index (κ2) is 5.73. The summed E-state index contributed by atoms with van der Waals surface area (Å²) in [6.45, 7) is 0. The maximum absolute atomic E-state index is 10.5. The number of nitrogens with two attached hydrogens (primary N) is 1. The van der Waals surface area contributed by atoms with Gasteiger partial charge in [0.15, 0.2) is 0 Å². The molecule has 0 saturated carbocycles. The standard InChI is InChI=1S/C11H7Cl2N3O3/c12-8-5-15-10(13)16-9(8)18-6-1-3-7(4-2-6)19-11(14)17/h1-5H,(H2,14,17). The van der Waals surface area contributed by atoms with Crippen LogP contribution in [0.2, 0.25) is 10.3 Å². The van der Waals surface area contributed by atoms with Crippen molar-refractivity contribution in [2.24, 2.45) is 5.73 Å². The number of halogens is 2. The van der Waals surface area contributed by atoms with Gasteiger partial charge in [-0.05, 0) is 35.9 Å². The van der Waals surface area contributed by atoms with Crippen LogP contribution in [0.4, 0.5) is 4.79 Å². The first-order valence-corrected chi connectivity index (χ1v) is 5.73. The Morgan fingerprint density at radius 1 is 1.16 bits per heavy atom. The van der Waals surface area contributed by atoms with Gasteiger partial charge in [-0.25, -0.2) is 9.78 Å². The lowest BCUT2D eigenvalue weighted by molar-refractivity contribution is 0.211. The molecule has 1 amide bonds. The van der Waals surface area contributed by atoms with E-state index in [1.807, 2.05) is 0 Å². The fourth-order valence-electron chi connectivity index (χ4n) is 1.21. The van der Waals surface area contributed by atoms with E-state index in [9.17, 15) is 4.79 Å². The molecule has 2 N–H and O–H groups in total. The summed E-state index contributed by atoms with van der Waals surface area (Å²) in [6, 6.07) is 6.14. The minimum atomic E-state index is -0.890. The number of carbonyl (C=O) groups is 1. The molecule has 0 atom stereocenters. The van der Waals surface area contributed by atoms with Gasteiger partial charge in [-0.2, -0.15) is 4.98 Å². The highest BCUT2D eigenvalue weighted by Crippen LogP contribution is 2.28. The average Bonchev–Trinajstić information content (AvgIpc) is 2.35. The van der Waals surface area contributed by atoms with Crippen LogP contribution in [0.15, 0.2) is 30.5 Å². The summed E-state index contributed by atoms with van der Waals surface area (Å²) in [4.78, 5) is 18.1. The number of carbonyl (C=O) groups excluding carboxylic acids is 1. The molecule has 0 aliphatic carbocycles. The zero-order valence-electron chi connectivity index (χ0n) is 9.34. The zero-order valence-corrected chi connectivity index (χ0v) is 10.9. The van der Waals surface area contributed by atoms with E-state index in [0.29, 0.717) is 11.5 Å².